The molecule has 60 valence electrons. The molecule has 0 aromatic heterocycles. The summed E-state index contributed by atoms with van der Waals surface area (Å²) in [7, 11) is 0. The maximum Gasteiger partial charge on any atom is 0.0912 e. The van der Waals surface area contributed by atoms with Crippen LogP contribution in [0.3, 0.4) is 0 Å². The molecule has 0 aliphatic carbocycles. The summed E-state index contributed by atoms with van der Waals surface area (Å²) in [6.07, 6.45) is -0.523. The van der Waals surface area contributed by atoms with Gasteiger partial charge in [0, 0.05) is 10.1 Å². The molecule has 0 saturated heterocycles. The van der Waals surface area contributed by atoms with E-state index in [1.807, 2.05) is 24.3 Å². The van der Waals surface area contributed by atoms with Crippen molar-refractivity contribution < 1.29 is 5.11 Å². The van der Waals surface area contributed by atoms with Crippen LogP contribution in [0.4, 0.5) is 0 Å². The van der Waals surface area contributed by atoms with Gasteiger partial charge in [0.1, 0.15) is 0 Å². The number of hydrogen-bond acceptors (Lipinski definition) is 2. The molecule has 0 saturated carbocycles. The van der Waals surface area contributed by atoms with Crippen LogP contribution >= 0.6 is 22.6 Å². The van der Waals surface area contributed by atoms with Crippen molar-refractivity contribution in [3.8, 4) is 0 Å². The van der Waals surface area contributed by atoms with Gasteiger partial charge in [0.2, 0.25) is 0 Å². The first-order valence-electron chi connectivity index (χ1n) is 3.37. The minimum absolute atomic E-state index is 0.278. The Morgan fingerprint density at radius 3 is 2.82 bits per heavy atom. The quantitative estimate of drug-likeness (QED) is 0.789. The first kappa shape index (κ1) is 8.96. The van der Waals surface area contributed by atoms with Crippen molar-refractivity contribution >= 4 is 22.6 Å². The molecule has 0 bridgehead atoms. The largest absolute Gasteiger partial charge is 0.387 e. The van der Waals surface area contributed by atoms with E-state index in [4.69, 9.17) is 5.73 Å². The average Bonchev–Trinajstić information content (AvgIpc) is 2.03. The molecule has 1 atom stereocenters. The molecular weight excluding hydrogens is 253 g/mol. The summed E-state index contributed by atoms with van der Waals surface area (Å²) in [4.78, 5) is 0. The van der Waals surface area contributed by atoms with Crippen LogP contribution in [0, 0.1) is 3.57 Å². The molecule has 0 heterocycles. The van der Waals surface area contributed by atoms with E-state index in [0.717, 1.165) is 9.13 Å². The third-order valence-corrected chi connectivity index (χ3v) is 2.13. The Hall–Kier alpha value is -0.130. The van der Waals surface area contributed by atoms with Crippen LogP contribution in [0.15, 0.2) is 24.3 Å². The Balaban J connectivity index is 2.86. The Labute approximate surface area is 79.6 Å². The zero-order valence-electron chi connectivity index (χ0n) is 6.00. The van der Waals surface area contributed by atoms with Crippen LogP contribution in [0.5, 0.6) is 0 Å². The lowest BCUT2D eigenvalue weighted by Crippen LogP contribution is -2.11. The van der Waals surface area contributed by atoms with Crippen molar-refractivity contribution in [1.82, 2.24) is 0 Å². The fourth-order valence-electron chi connectivity index (χ4n) is 0.850. The lowest BCUT2D eigenvalue weighted by Gasteiger charge is -2.07. The summed E-state index contributed by atoms with van der Waals surface area (Å²) in [5.41, 5.74) is 6.19. The van der Waals surface area contributed by atoms with Gasteiger partial charge in [-0.3, -0.25) is 0 Å². The molecule has 11 heavy (non-hydrogen) atoms. The molecule has 0 aliphatic heterocycles. The van der Waals surface area contributed by atoms with E-state index in [1.54, 1.807) is 0 Å². The van der Waals surface area contributed by atoms with Crippen molar-refractivity contribution in [1.29, 1.82) is 0 Å². The van der Waals surface area contributed by atoms with E-state index in [-0.39, 0.29) is 6.54 Å². The number of benzene rings is 1. The number of nitrogens with two attached hydrogens (primary N) is 1. The summed E-state index contributed by atoms with van der Waals surface area (Å²) < 4.78 is 1.12. The van der Waals surface area contributed by atoms with Crippen LogP contribution < -0.4 is 5.73 Å². The van der Waals surface area contributed by atoms with Crippen LogP contribution in [-0.2, 0) is 0 Å². The first-order valence-corrected chi connectivity index (χ1v) is 4.45. The SMILES string of the molecule is NC[C@@H](O)c1cccc(I)c1. The molecule has 1 aromatic carbocycles. The lowest BCUT2D eigenvalue weighted by atomic mass is 10.1. The predicted molar refractivity (Wildman–Crippen MR) is 53.2 cm³/mol. The van der Waals surface area contributed by atoms with Crippen LogP contribution in [0.2, 0.25) is 0 Å². The van der Waals surface area contributed by atoms with Crippen molar-refractivity contribution in [3.05, 3.63) is 33.4 Å². The third-order valence-electron chi connectivity index (χ3n) is 1.46. The van der Waals surface area contributed by atoms with Gasteiger partial charge in [-0.2, -0.15) is 0 Å². The summed E-state index contributed by atoms with van der Waals surface area (Å²) in [5.74, 6) is 0. The van der Waals surface area contributed by atoms with Crippen LogP contribution in [0.1, 0.15) is 11.7 Å². The second-order valence-corrected chi connectivity index (χ2v) is 3.55. The molecular formula is C8H10INO. The average molecular weight is 263 g/mol. The molecule has 1 rings (SSSR count). The third kappa shape index (κ3) is 2.43. The van der Waals surface area contributed by atoms with E-state index >= 15 is 0 Å². The van der Waals surface area contributed by atoms with E-state index in [2.05, 4.69) is 22.6 Å². The van der Waals surface area contributed by atoms with Crippen molar-refractivity contribution in [2.75, 3.05) is 6.54 Å². The Bertz CT molecular complexity index is 239. The molecule has 2 nitrogen and oxygen atoms in total. The Kier molecular flexibility index (Phi) is 3.29. The second-order valence-electron chi connectivity index (χ2n) is 2.31. The van der Waals surface area contributed by atoms with Gasteiger partial charge >= 0.3 is 0 Å². The van der Waals surface area contributed by atoms with Gasteiger partial charge < -0.3 is 10.8 Å². The van der Waals surface area contributed by atoms with Crippen molar-refractivity contribution in [3.63, 3.8) is 0 Å². The molecule has 0 aliphatic rings. The molecule has 0 amide bonds. The zero-order chi connectivity index (χ0) is 8.27. The van der Waals surface area contributed by atoms with Gasteiger partial charge in [-0.15, -0.1) is 0 Å². The molecule has 3 heteroatoms. The first-order chi connectivity index (χ1) is 5.24. The molecule has 0 radical (unpaired) electrons. The summed E-state index contributed by atoms with van der Waals surface area (Å²) in [6, 6.07) is 7.70. The fraction of sp³-hybridized carbons (Fsp3) is 0.250. The van der Waals surface area contributed by atoms with Gasteiger partial charge in [0.15, 0.2) is 0 Å². The number of hydrogen-bond donors (Lipinski definition) is 2. The molecule has 1 aromatic rings. The normalized spacial score (nSPS) is 13.0. The maximum atomic E-state index is 9.33. The maximum absolute atomic E-state index is 9.33. The second kappa shape index (κ2) is 4.04. The highest BCUT2D eigenvalue weighted by atomic mass is 127. The molecule has 0 fully saturated rings. The topological polar surface area (TPSA) is 46.2 Å². The van der Waals surface area contributed by atoms with E-state index in [1.165, 1.54) is 0 Å². The van der Waals surface area contributed by atoms with Gasteiger partial charge in [0.25, 0.3) is 0 Å². The van der Waals surface area contributed by atoms with Crippen LogP contribution in [0.25, 0.3) is 0 Å². The number of rotatable bonds is 2. The monoisotopic (exact) mass is 263 g/mol. The zero-order valence-corrected chi connectivity index (χ0v) is 8.15. The fourth-order valence-corrected chi connectivity index (χ4v) is 1.42. The standard InChI is InChI=1S/C8H10INO/c9-7-3-1-2-6(4-7)8(11)5-10/h1-4,8,11H,5,10H2/t8-/m1/s1. The van der Waals surface area contributed by atoms with Gasteiger partial charge in [0.05, 0.1) is 6.10 Å². The predicted octanol–water partition coefficient (Wildman–Crippen LogP) is 1.28. The van der Waals surface area contributed by atoms with E-state index < -0.39 is 6.10 Å². The number of aliphatic hydroxyl groups excluding tert-OH is 1. The Morgan fingerprint density at radius 1 is 1.55 bits per heavy atom. The molecule has 0 unspecified atom stereocenters. The summed E-state index contributed by atoms with van der Waals surface area (Å²) >= 11 is 2.20. The summed E-state index contributed by atoms with van der Waals surface area (Å²) in [6.45, 7) is 0.278. The highest BCUT2D eigenvalue weighted by Gasteiger charge is 2.03. The highest BCUT2D eigenvalue weighted by molar-refractivity contribution is 14.1. The molecule has 3 N–H and O–H groups in total. The van der Waals surface area contributed by atoms with Crippen molar-refractivity contribution in [2.45, 2.75) is 6.10 Å². The van der Waals surface area contributed by atoms with Gasteiger partial charge in [-0.1, -0.05) is 12.1 Å². The Morgan fingerprint density at radius 2 is 2.27 bits per heavy atom. The minimum Gasteiger partial charge on any atom is -0.387 e. The van der Waals surface area contributed by atoms with Crippen LogP contribution in [-0.4, -0.2) is 11.7 Å². The van der Waals surface area contributed by atoms with Gasteiger partial charge in [-0.25, -0.2) is 0 Å². The van der Waals surface area contributed by atoms with E-state index in [9.17, 15) is 5.11 Å². The highest BCUT2D eigenvalue weighted by Crippen LogP contribution is 2.14. The number of halogens is 1. The lowest BCUT2D eigenvalue weighted by molar-refractivity contribution is 0.186. The van der Waals surface area contributed by atoms with E-state index in [0.29, 0.717) is 0 Å². The number of aliphatic hydroxyl groups is 1. The minimum atomic E-state index is -0.523. The molecule has 0 spiro atoms. The summed E-state index contributed by atoms with van der Waals surface area (Å²) in [5, 5.41) is 9.33. The van der Waals surface area contributed by atoms with Gasteiger partial charge in [-0.05, 0) is 40.3 Å². The smallest absolute Gasteiger partial charge is 0.0912 e. The van der Waals surface area contributed by atoms with Crippen molar-refractivity contribution in [2.24, 2.45) is 5.73 Å².